The van der Waals surface area contributed by atoms with Crippen molar-refractivity contribution in [2.24, 2.45) is 11.7 Å². The molecule has 0 saturated carbocycles. The highest BCUT2D eigenvalue weighted by atomic mass is 19.1. The van der Waals surface area contributed by atoms with E-state index in [1.807, 2.05) is 0 Å². The van der Waals surface area contributed by atoms with Gasteiger partial charge in [0, 0.05) is 5.92 Å². The summed E-state index contributed by atoms with van der Waals surface area (Å²) in [5.74, 6) is -0.884. The number of hydrogen-bond acceptors (Lipinski definition) is 1. The molecule has 0 aliphatic rings. The van der Waals surface area contributed by atoms with Gasteiger partial charge in [-0.25, -0.2) is 4.39 Å². The smallest absolute Gasteiger partial charge is 0.221 e. The van der Waals surface area contributed by atoms with Gasteiger partial charge in [0.1, 0.15) is 5.82 Å². The zero-order chi connectivity index (χ0) is 11.3. The van der Waals surface area contributed by atoms with Crippen molar-refractivity contribution >= 4 is 5.91 Å². The first-order valence-corrected chi connectivity index (χ1v) is 4.78. The van der Waals surface area contributed by atoms with E-state index in [4.69, 9.17) is 5.73 Å². The van der Waals surface area contributed by atoms with Crippen LogP contribution in [0.15, 0.2) is 36.9 Å². The molecule has 0 aromatic heterocycles. The molecular weight excluding hydrogens is 193 g/mol. The Morgan fingerprint density at radius 3 is 2.53 bits per heavy atom. The lowest BCUT2D eigenvalue weighted by Gasteiger charge is -2.10. The minimum atomic E-state index is -0.348. The van der Waals surface area contributed by atoms with E-state index in [0.29, 0.717) is 12.8 Å². The largest absolute Gasteiger partial charge is 0.369 e. The van der Waals surface area contributed by atoms with Crippen molar-refractivity contribution in [3.8, 4) is 0 Å². The molecule has 2 N–H and O–H groups in total. The summed E-state index contributed by atoms with van der Waals surface area (Å²) in [5.41, 5.74) is 6.14. The molecule has 1 aromatic carbocycles. The third-order valence-corrected chi connectivity index (χ3v) is 2.25. The van der Waals surface area contributed by atoms with Crippen molar-refractivity contribution < 1.29 is 9.18 Å². The number of halogens is 1. The zero-order valence-corrected chi connectivity index (χ0v) is 8.45. The standard InChI is InChI=1S/C12H14FNO/c1-2-3-10(12(14)15)8-9-4-6-11(13)7-5-9/h2,4-7,10H,1,3,8H2,(H2,14,15). The SMILES string of the molecule is C=CCC(Cc1ccc(F)cc1)C(N)=O. The van der Waals surface area contributed by atoms with Crippen LogP contribution in [0.1, 0.15) is 12.0 Å². The number of rotatable bonds is 5. The number of hydrogen-bond donors (Lipinski definition) is 1. The van der Waals surface area contributed by atoms with Gasteiger partial charge in [0.2, 0.25) is 5.91 Å². The van der Waals surface area contributed by atoms with Gasteiger partial charge in [-0.3, -0.25) is 4.79 Å². The molecule has 0 radical (unpaired) electrons. The Morgan fingerprint density at radius 2 is 2.07 bits per heavy atom. The molecule has 0 heterocycles. The average molecular weight is 207 g/mol. The van der Waals surface area contributed by atoms with Gasteiger partial charge in [-0.1, -0.05) is 18.2 Å². The topological polar surface area (TPSA) is 43.1 Å². The van der Waals surface area contributed by atoms with E-state index in [1.165, 1.54) is 12.1 Å². The van der Waals surface area contributed by atoms with Gasteiger partial charge in [0.25, 0.3) is 0 Å². The van der Waals surface area contributed by atoms with Crippen LogP contribution in [-0.4, -0.2) is 5.91 Å². The molecule has 1 unspecified atom stereocenters. The first-order chi connectivity index (χ1) is 7.13. The van der Waals surface area contributed by atoms with Gasteiger partial charge < -0.3 is 5.73 Å². The number of nitrogens with two attached hydrogens (primary N) is 1. The molecule has 0 aliphatic heterocycles. The predicted octanol–water partition coefficient (Wildman–Crippen LogP) is 2.05. The molecule has 1 rings (SSSR count). The van der Waals surface area contributed by atoms with Crippen molar-refractivity contribution in [1.29, 1.82) is 0 Å². The van der Waals surface area contributed by atoms with Crippen molar-refractivity contribution in [2.75, 3.05) is 0 Å². The molecule has 1 atom stereocenters. The quantitative estimate of drug-likeness (QED) is 0.738. The lowest BCUT2D eigenvalue weighted by molar-refractivity contribution is -0.121. The van der Waals surface area contributed by atoms with E-state index in [-0.39, 0.29) is 17.6 Å². The number of carbonyl (C=O) groups is 1. The molecule has 0 saturated heterocycles. The molecular formula is C12H14FNO. The third-order valence-electron chi connectivity index (χ3n) is 2.25. The van der Waals surface area contributed by atoms with Gasteiger partial charge in [0.15, 0.2) is 0 Å². The monoisotopic (exact) mass is 207 g/mol. The van der Waals surface area contributed by atoms with Gasteiger partial charge in [-0.15, -0.1) is 6.58 Å². The molecule has 0 aliphatic carbocycles. The molecule has 2 nitrogen and oxygen atoms in total. The molecule has 0 fully saturated rings. The van der Waals surface area contributed by atoms with Crippen LogP contribution in [0.2, 0.25) is 0 Å². The Balaban J connectivity index is 2.69. The molecule has 1 aromatic rings. The Kier molecular flexibility index (Phi) is 4.03. The summed E-state index contributed by atoms with van der Waals surface area (Å²) in [6, 6.07) is 6.07. The Morgan fingerprint density at radius 1 is 1.47 bits per heavy atom. The maximum Gasteiger partial charge on any atom is 0.221 e. The molecule has 3 heteroatoms. The number of primary amides is 1. The van der Waals surface area contributed by atoms with Crippen molar-refractivity contribution in [3.05, 3.63) is 48.3 Å². The number of allylic oxidation sites excluding steroid dienone is 1. The first-order valence-electron chi connectivity index (χ1n) is 4.78. The summed E-state index contributed by atoms with van der Waals surface area (Å²) in [6.07, 6.45) is 2.74. The van der Waals surface area contributed by atoms with Crippen LogP contribution in [0.3, 0.4) is 0 Å². The Bertz CT molecular complexity index is 345. The minimum Gasteiger partial charge on any atom is -0.369 e. The second-order valence-corrected chi connectivity index (χ2v) is 3.45. The van der Waals surface area contributed by atoms with Crippen LogP contribution in [-0.2, 0) is 11.2 Å². The summed E-state index contributed by atoms with van der Waals surface area (Å²) < 4.78 is 12.6. The third kappa shape index (κ3) is 3.54. The predicted molar refractivity (Wildman–Crippen MR) is 57.6 cm³/mol. The normalized spacial score (nSPS) is 12.1. The summed E-state index contributed by atoms with van der Waals surface area (Å²) in [5, 5.41) is 0. The van der Waals surface area contributed by atoms with Gasteiger partial charge in [0.05, 0.1) is 0 Å². The lowest BCUT2D eigenvalue weighted by Crippen LogP contribution is -2.24. The van der Waals surface area contributed by atoms with Gasteiger partial charge in [-0.2, -0.15) is 0 Å². The molecule has 1 amide bonds. The zero-order valence-electron chi connectivity index (χ0n) is 8.45. The van der Waals surface area contributed by atoms with E-state index in [2.05, 4.69) is 6.58 Å². The second kappa shape index (κ2) is 5.29. The second-order valence-electron chi connectivity index (χ2n) is 3.45. The number of carbonyl (C=O) groups excluding carboxylic acids is 1. The van der Waals surface area contributed by atoms with Crippen LogP contribution in [0.4, 0.5) is 4.39 Å². The van der Waals surface area contributed by atoms with E-state index in [1.54, 1.807) is 18.2 Å². The number of amides is 1. The van der Waals surface area contributed by atoms with Crippen molar-refractivity contribution in [3.63, 3.8) is 0 Å². The van der Waals surface area contributed by atoms with E-state index in [9.17, 15) is 9.18 Å². The highest BCUT2D eigenvalue weighted by Crippen LogP contribution is 2.13. The summed E-state index contributed by atoms with van der Waals surface area (Å²) in [6.45, 7) is 3.57. The number of benzene rings is 1. The van der Waals surface area contributed by atoms with Crippen LogP contribution >= 0.6 is 0 Å². The van der Waals surface area contributed by atoms with Gasteiger partial charge in [-0.05, 0) is 30.5 Å². The lowest BCUT2D eigenvalue weighted by atomic mass is 9.96. The van der Waals surface area contributed by atoms with Gasteiger partial charge >= 0.3 is 0 Å². The summed E-state index contributed by atoms with van der Waals surface area (Å²) >= 11 is 0. The van der Waals surface area contributed by atoms with Crippen LogP contribution < -0.4 is 5.73 Å². The Hall–Kier alpha value is -1.64. The fourth-order valence-electron chi connectivity index (χ4n) is 1.41. The molecule has 15 heavy (non-hydrogen) atoms. The first kappa shape index (κ1) is 11.4. The highest BCUT2D eigenvalue weighted by molar-refractivity contribution is 5.77. The maximum atomic E-state index is 12.6. The maximum absolute atomic E-state index is 12.6. The average Bonchev–Trinajstić information content (AvgIpc) is 2.20. The summed E-state index contributed by atoms with van der Waals surface area (Å²) in [7, 11) is 0. The molecule has 0 bridgehead atoms. The van der Waals surface area contributed by atoms with E-state index >= 15 is 0 Å². The fraction of sp³-hybridized carbons (Fsp3) is 0.250. The fourth-order valence-corrected chi connectivity index (χ4v) is 1.41. The molecule has 80 valence electrons. The molecule has 0 spiro atoms. The Labute approximate surface area is 88.6 Å². The highest BCUT2D eigenvalue weighted by Gasteiger charge is 2.13. The summed E-state index contributed by atoms with van der Waals surface area (Å²) in [4.78, 5) is 11.1. The van der Waals surface area contributed by atoms with Crippen LogP contribution in [0.25, 0.3) is 0 Å². The van der Waals surface area contributed by atoms with Crippen LogP contribution in [0, 0.1) is 11.7 Å². The van der Waals surface area contributed by atoms with Crippen molar-refractivity contribution in [1.82, 2.24) is 0 Å². The van der Waals surface area contributed by atoms with E-state index < -0.39 is 0 Å². The van der Waals surface area contributed by atoms with E-state index in [0.717, 1.165) is 5.56 Å². The minimum absolute atomic E-state index is 0.257. The van der Waals surface area contributed by atoms with Crippen molar-refractivity contribution in [2.45, 2.75) is 12.8 Å². The van der Waals surface area contributed by atoms with Crippen LogP contribution in [0.5, 0.6) is 0 Å².